The molecule has 7 heteroatoms. The summed E-state index contributed by atoms with van der Waals surface area (Å²) in [6.07, 6.45) is 2.33. The quantitative estimate of drug-likeness (QED) is 0.819. The van der Waals surface area contributed by atoms with Crippen molar-refractivity contribution in [2.45, 2.75) is 32.7 Å². The van der Waals surface area contributed by atoms with E-state index in [0.29, 0.717) is 18.4 Å². The molecule has 146 valence electrons. The van der Waals surface area contributed by atoms with Crippen LogP contribution in [0, 0.1) is 6.92 Å². The molecule has 3 rings (SSSR count). The molecule has 27 heavy (non-hydrogen) atoms. The normalized spacial score (nSPS) is 17.1. The number of amides is 2. The first-order chi connectivity index (χ1) is 13.0. The van der Waals surface area contributed by atoms with Gasteiger partial charge in [0.25, 0.3) is 0 Å². The Labute approximate surface area is 160 Å². The molecule has 0 spiro atoms. The van der Waals surface area contributed by atoms with Crippen LogP contribution in [0.25, 0.3) is 11.1 Å². The Morgan fingerprint density at radius 1 is 1.37 bits per heavy atom. The third kappa shape index (κ3) is 4.08. The summed E-state index contributed by atoms with van der Waals surface area (Å²) in [6.45, 7) is 6.88. The number of ether oxygens (including phenoxy) is 1. The third-order valence-electron chi connectivity index (χ3n) is 5.23. The van der Waals surface area contributed by atoms with Gasteiger partial charge in [-0.3, -0.25) is 14.9 Å². The molecule has 1 saturated heterocycles. The molecule has 1 aliphatic heterocycles. The summed E-state index contributed by atoms with van der Waals surface area (Å²) in [6, 6.07) is 7.97. The van der Waals surface area contributed by atoms with Gasteiger partial charge in [-0.25, -0.2) is 4.79 Å². The van der Waals surface area contributed by atoms with E-state index < -0.39 is 0 Å². The number of urea groups is 1. The minimum Gasteiger partial charge on any atom is -0.496 e. The Bertz CT molecular complexity index is 802. The van der Waals surface area contributed by atoms with Crippen molar-refractivity contribution >= 4 is 11.8 Å². The van der Waals surface area contributed by atoms with Crippen molar-refractivity contribution in [1.29, 1.82) is 0 Å². The van der Waals surface area contributed by atoms with Crippen molar-refractivity contribution in [3.05, 3.63) is 30.0 Å². The number of anilines is 1. The predicted molar refractivity (Wildman–Crippen MR) is 107 cm³/mol. The van der Waals surface area contributed by atoms with E-state index in [0.717, 1.165) is 42.1 Å². The Hall–Kier alpha value is -2.54. The number of hydrogen-bond donors (Lipinski definition) is 2. The summed E-state index contributed by atoms with van der Waals surface area (Å²) in [5, 5.41) is 10.5. The van der Waals surface area contributed by atoms with Gasteiger partial charge in [0.05, 0.1) is 18.4 Å². The molecule has 0 bridgehead atoms. The maximum absolute atomic E-state index is 12.6. The summed E-state index contributed by atoms with van der Waals surface area (Å²) in [5.74, 6) is 1.41. The fraction of sp³-hybridized carbons (Fsp3) is 0.500. The molecule has 7 nitrogen and oxygen atoms in total. The van der Waals surface area contributed by atoms with Crippen LogP contribution in [0.4, 0.5) is 10.6 Å². The summed E-state index contributed by atoms with van der Waals surface area (Å²) < 4.78 is 7.19. The first-order valence-corrected chi connectivity index (χ1v) is 9.51. The minimum atomic E-state index is -0.211. The minimum absolute atomic E-state index is 0.211. The first kappa shape index (κ1) is 19.2. The number of methoxy groups -OCH3 is 1. The molecular formula is C20H29N5O2. The van der Waals surface area contributed by atoms with E-state index in [1.165, 1.54) is 6.42 Å². The highest BCUT2D eigenvalue weighted by Crippen LogP contribution is 2.37. The molecule has 1 unspecified atom stereocenters. The van der Waals surface area contributed by atoms with Crippen LogP contribution in [0.2, 0.25) is 0 Å². The summed E-state index contributed by atoms with van der Waals surface area (Å²) in [7, 11) is 3.47. The second-order valence-electron chi connectivity index (χ2n) is 6.89. The fourth-order valence-corrected chi connectivity index (χ4v) is 3.88. The maximum Gasteiger partial charge on any atom is 0.320 e. The molecule has 2 heterocycles. The topological polar surface area (TPSA) is 71.4 Å². The van der Waals surface area contributed by atoms with Crippen molar-refractivity contribution in [2.75, 3.05) is 32.1 Å². The number of nitrogens with zero attached hydrogens (tertiary/aromatic N) is 3. The van der Waals surface area contributed by atoms with Crippen LogP contribution in [0.5, 0.6) is 5.75 Å². The van der Waals surface area contributed by atoms with E-state index >= 15 is 0 Å². The van der Waals surface area contributed by atoms with E-state index in [-0.39, 0.29) is 6.03 Å². The van der Waals surface area contributed by atoms with Gasteiger partial charge in [0.15, 0.2) is 0 Å². The number of aryl methyl sites for hydroxylation is 2. The zero-order valence-corrected chi connectivity index (χ0v) is 16.6. The van der Waals surface area contributed by atoms with E-state index in [9.17, 15) is 4.79 Å². The lowest BCUT2D eigenvalue weighted by molar-refractivity contribution is 0.238. The molecule has 0 radical (unpaired) electrons. The van der Waals surface area contributed by atoms with Crippen molar-refractivity contribution in [1.82, 2.24) is 20.0 Å². The second kappa shape index (κ2) is 8.43. The molecule has 1 aromatic carbocycles. The van der Waals surface area contributed by atoms with Gasteiger partial charge in [0.1, 0.15) is 11.6 Å². The molecule has 0 aliphatic carbocycles. The zero-order chi connectivity index (χ0) is 19.4. The first-order valence-electron chi connectivity index (χ1n) is 9.51. The molecule has 2 N–H and O–H groups in total. The van der Waals surface area contributed by atoms with Crippen LogP contribution < -0.4 is 15.4 Å². The number of carbonyl (C=O) groups is 1. The van der Waals surface area contributed by atoms with E-state index in [4.69, 9.17) is 4.74 Å². The van der Waals surface area contributed by atoms with Gasteiger partial charge < -0.3 is 10.1 Å². The standard InChI is InChI=1S/C20H29N5O2/c1-5-25-12-8-9-15(25)13-21-20(26)22-19-18(14(2)23-24(19)3)16-10-6-7-11-17(16)27-4/h6-7,10-11,15H,5,8-9,12-13H2,1-4H3,(H2,21,22,26). The molecule has 1 atom stereocenters. The number of hydrogen-bond acceptors (Lipinski definition) is 4. The van der Waals surface area contributed by atoms with Crippen molar-refractivity contribution in [3.63, 3.8) is 0 Å². The third-order valence-corrected chi connectivity index (χ3v) is 5.23. The summed E-state index contributed by atoms with van der Waals surface area (Å²) in [4.78, 5) is 15.0. The molecule has 2 aromatic rings. The number of likely N-dealkylation sites (tertiary alicyclic amines) is 1. The average molecular weight is 371 g/mol. The van der Waals surface area contributed by atoms with Crippen LogP contribution in [0.1, 0.15) is 25.5 Å². The van der Waals surface area contributed by atoms with Gasteiger partial charge >= 0.3 is 6.03 Å². The molecule has 2 amide bonds. The molecule has 1 aromatic heterocycles. The Morgan fingerprint density at radius 3 is 2.89 bits per heavy atom. The lowest BCUT2D eigenvalue weighted by Gasteiger charge is -2.23. The van der Waals surface area contributed by atoms with Crippen LogP contribution in [-0.4, -0.2) is 53.5 Å². The van der Waals surface area contributed by atoms with Crippen molar-refractivity contribution in [3.8, 4) is 16.9 Å². The Balaban J connectivity index is 1.76. The Morgan fingerprint density at radius 2 is 2.15 bits per heavy atom. The summed E-state index contributed by atoms with van der Waals surface area (Å²) in [5.41, 5.74) is 2.63. The molecule has 1 aliphatic rings. The highest BCUT2D eigenvalue weighted by atomic mass is 16.5. The van der Waals surface area contributed by atoms with Crippen LogP contribution >= 0.6 is 0 Å². The van der Waals surface area contributed by atoms with Gasteiger partial charge in [-0.2, -0.15) is 5.10 Å². The summed E-state index contributed by atoms with van der Waals surface area (Å²) >= 11 is 0. The van der Waals surface area contributed by atoms with Crippen molar-refractivity contribution < 1.29 is 9.53 Å². The number of para-hydroxylation sites is 1. The van der Waals surface area contributed by atoms with Crippen LogP contribution in [0.15, 0.2) is 24.3 Å². The number of nitrogens with one attached hydrogen (secondary N) is 2. The number of rotatable bonds is 6. The number of likely N-dealkylation sites (N-methyl/N-ethyl adjacent to an activating group) is 1. The average Bonchev–Trinajstić information content (AvgIpc) is 3.23. The highest BCUT2D eigenvalue weighted by Gasteiger charge is 2.24. The van der Waals surface area contributed by atoms with E-state index in [1.807, 2.05) is 38.2 Å². The van der Waals surface area contributed by atoms with Crippen molar-refractivity contribution in [2.24, 2.45) is 7.05 Å². The molecular weight excluding hydrogens is 342 g/mol. The SMILES string of the molecule is CCN1CCCC1CNC(=O)Nc1c(-c2ccccc2OC)c(C)nn1C. The lowest BCUT2D eigenvalue weighted by Crippen LogP contribution is -2.41. The van der Waals surface area contributed by atoms with Gasteiger partial charge in [-0.15, -0.1) is 0 Å². The lowest BCUT2D eigenvalue weighted by atomic mass is 10.0. The van der Waals surface area contributed by atoms with Gasteiger partial charge in [-0.05, 0) is 38.9 Å². The number of benzene rings is 1. The highest BCUT2D eigenvalue weighted by molar-refractivity contribution is 5.94. The largest absolute Gasteiger partial charge is 0.496 e. The predicted octanol–water partition coefficient (Wildman–Crippen LogP) is 3.01. The van der Waals surface area contributed by atoms with Gasteiger partial charge in [0, 0.05) is 25.2 Å². The number of aromatic nitrogens is 2. The fourth-order valence-electron chi connectivity index (χ4n) is 3.88. The van der Waals surface area contributed by atoms with Crippen LogP contribution in [0.3, 0.4) is 0 Å². The molecule has 1 fully saturated rings. The Kier molecular flexibility index (Phi) is 6.01. The van der Waals surface area contributed by atoms with Gasteiger partial charge in [-0.1, -0.05) is 25.1 Å². The van der Waals surface area contributed by atoms with E-state index in [1.54, 1.807) is 11.8 Å². The monoisotopic (exact) mass is 371 g/mol. The number of carbonyl (C=O) groups excluding carboxylic acids is 1. The second-order valence-corrected chi connectivity index (χ2v) is 6.89. The molecule has 0 saturated carbocycles. The smallest absolute Gasteiger partial charge is 0.320 e. The van der Waals surface area contributed by atoms with E-state index in [2.05, 4.69) is 27.6 Å². The zero-order valence-electron chi connectivity index (χ0n) is 16.6. The maximum atomic E-state index is 12.6. The van der Waals surface area contributed by atoms with Gasteiger partial charge in [0.2, 0.25) is 0 Å². The van der Waals surface area contributed by atoms with Crippen LogP contribution in [-0.2, 0) is 7.05 Å².